The Balaban J connectivity index is 0.000000130. The molecule has 4 aromatic heterocycles. The van der Waals surface area contributed by atoms with E-state index in [0.29, 0.717) is 50.6 Å². The van der Waals surface area contributed by atoms with E-state index in [1.807, 2.05) is 52.0 Å². The smallest absolute Gasteiger partial charge is 0.246 e. The number of hydrogen-bond acceptors (Lipinski definition) is 12. The van der Waals surface area contributed by atoms with Crippen LogP contribution in [0, 0.1) is 50.4 Å². The summed E-state index contributed by atoms with van der Waals surface area (Å²) in [6.45, 7) is 25.2. The highest BCUT2D eigenvalue weighted by Gasteiger charge is 2.68. The van der Waals surface area contributed by atoms with Crippen molar-refractivity contribution in [1.82, 2.24) is 40.8 Å². The Bertz CT molecular complexity index is 3080. The number of halogens is 1. The molecular weight excluding hydrogens is 970 g/mol. The van der Waals surface area contributed by atoms with Crippen LogP contribution in [0.1, 0.15) is 169 Å². The lowest BCUT2D eigenvalue weighted by Crippen LogP contribution is -2.75. The molecule has 0 atom stereocenters. The molecule has 7 fully saturated rings. The number of hydrogen-bond donors (Lipinski definition) is 4. The zero-order valence-electron chi connectivity index (χ0n) is 46.6. The van der Waals surface area contributed by atoms with Crippen molar-refractivity contribution in [3.63, 3.8) is 0 Å². The van der Waals surface area contributed by atoms with Gasteiger partial charge in [0.05, 0.1) is 11.4 Å². The number of anilines is 1. The number of rotatable bonds is 13. The summed E-state index contributed by atoms with van der Waals surface area (Å²) in [5, 5.41) is 48.8. The second-order valence-corrected chi connectivity index (χ2v) is 24.9. The van der Waals surface area contributed by atoms with Gasteiger partial charge >= 0.3 is 0 Å². The fourth-order valence-corrected chi connectivity index (χ4v) is 13.9. The molecular formula is C62H80ClN9O4. The maximum absolute atomic E-state index is 10.3. The van der Waals surface area contributed by atoms with Crippen molar-refractivity contribution in [2.45, 2.75) is 176 Å². The van der Waals surface area contributed by atoms with Crippen LogP contribution in [-0.4, -0.2) is 64.5 Å². The van der Waals surface area contributed by atoms with Gasteiger partial charge in [-0.05, 0) is 226 Å². The molecule has 404 valence electrons. The van der Waals surface area contributed by atoms with Crippen molar-refractivity contribution in [2.75, 3.05) is 18.0 Å². The molecule has 1 aliphatic heterocycles. The number of nitrogens with one attached hydrogen (secondary N) is 2. The van der Waals surface area contributed by atoms with Gasteiger partial charge in [-0.3, -0.25) is 0 Å². The van der Waals surface area contributed by atoms with E-state index in [-0.39, 0.29) is 5.54 Å². The minimum absolute atomic E-state index is 0.283. The topological polar surface area (TPSA) is 163 Å². The highest BCUT2D eigenvalue weighted by Crippen LogP contribution is 2.70. The van der Waals surface area contributed by atoms with Gasteiger partial charge in [-0.1, -0.05) is 76.1 Å². The van der Waals surface area contributed by atoms with E-state index in [1.54, 1.807) is 16.6 Å². The van der Waals surface area contributed by atoms with Gasteiger partial charge in [0.1, 0.15) is 28.8 Å². The van der Waals surface area contributed by atoms with Gasteiger partial charge in [0.15, 0.2) is 5.65 Å². The van der Waals surface area contributed by atoms with Crippen molar-refractivity contribution < 1.29 is 19.3 Å². The van der Waals surface area contributed by atoms with Crippen LogP contribution in [0.3, 0.4) is 0 Å². The third-order valence-corrected chi connectivity index (χ3v) is 19.1. The van der Waals surface area contributed by atoms with E-state index in [1.165, 1.54) is 68.9 Å². The van der Waals surface area contributed by atoms with Crippen molar-refractivity contribution in [3.8, 4) is 33.8 Å². The normalized spacial score (nSPS) is 23.8. The first-order chi connectivity index (χ1) is 36.3. The van der Waals surface area contributed by atoms with Crippen molar-refractivity contribution >= 4 is 23.1 Å². The zero-order chi connectivity index (χ0) is 53.7. The first-order valence-electron chi connectivity index (χ1n) is 28.0. The maximum atomic E-state index is 10.3. The fraction of sp³-hybridized carbons (Fsp3) is 0.532. The first-order valence-corrected chi connectivity index (χ1v) is 28.4. The summed E-state index contributed by atoms with van der Waals surface area (Å²) in [4.78, 5) is 2.31. The molecule has 0 spiro atoms. The number of phenolic OH excluding ortho intramolecular Hbond substituents is 2. The molecule has 0 radical (unpaired) electrons. The predicted molar refractivity (Wildman–Crippen MR) is 302 cm³/mol. The van der Waals surface area contributed by atoms with Crippen molar-refractivity contribution in [2.24, 2.45) is 22.7 Å². The van der Waals surface area contributed by atoms with Gasteiger partial charge in [-0.15, -0.1) is 15.3 Å². The van der Waals surface area contributed by atoms with Gasteiger partial charge < -0.3 is 34.8 Å². The molecule has 4 N–H and O–H groups in total. The van der Waals surface area contributed by atoms with Crippen LogP contribution < -0.4 is 15.5 Å². The number of aromatic hydroxyl groups is 2. The molecule has 6 saturated carbocycles. The number of benzene rings is 3. The summed E-state index contributed by atoms with van der Waals surface area (Å²) in [5.74, 6) is 5.89. The summed E-state index contributed by atoms with van der Waals surface area (Å²) < 4.78 is 12.2. The van der Waals surface area contributed by atoms with Gasteiger partial charge in [0.25, 0.3) is 0 Å². The van der Waals surface area contributed by atoms with E-state index in [4.69, 9.17) is 20.6 Å². The maximum Gasteiger partial charge on any atom is 0.246 e. The molecule has 7 aliphatic rings. The number of phenols is 2. The molecule has 0 unspecified atom stereocenters. The van der Waals surface area contributed by atoms with Gasteiger partial charge in [-0.25, -0.2) is 0 Å². The molecule has 14 heteroatoms. The van der Waals surface area contributed by atoms with Crippen LogP contribution in [-0.2, 0) is 13.1 Å². The van der Waals surface area contributed by atoms with Gasteiger partial charge in [-0.2, -0.15) is 4.52 Å². The summed E-state index contributed by atoms with van der Waals surface area (Å²) in [6, 6.07) is 24.6. The summed E-state index contributed by atoms with van der Waals surface area (Å²) >= 11 is 6.03. The minimum Gasteiger partial charge on any atom is -0.508 e. The molecule has 14 rings (SSSR count). The van der Waals surface area contributed by atoms with Crippen LogP contribution in [0.5, 0.6) is 11.5 Å². The summed E-state index contributed by atoms with van der Waals surface area (Å²) in [6.07, 6.45) is 14.1. The third-order valence-electron chi connectivity index (χ3n) is 18.9. The largest absolute Gasteiger partial charge is 0.508 e. The van der Waals surface area contributed by atoms with Crippen molar-refractivity contribution in [3.05, 3.63) is 123 Å². The Kier molecular flexibility index (Phi) is 15.0. The lowest BCUT2D eigenvalue weighted by Gasteiger charge is -2.73. The Morgan fingerprint density at radius 1 is 0.632 bits per heavy atom. The van der Waals surface area contributed by atoms with E-state index < -0.39 is 0 Å². The summed E-state index contributed by atoms with van der Waals surface area (Å²) in [5.41, 5.74) is 13.2. The third kappa shape index (κ3) is 10.8. The number of fused-ring (bicyclic) bond motifs is 4. The zero-order valence-corrected chi connectivity index (χ0v) is 47.3. The molecule has 1 saturated heterocycles. The Morgan fingerprint density at radius 2 is 1.14 bits per heavy atom. The van der Waals surface area contributed by atoms with Crippen LogP contribution in [0.4, 0.5) is 5.82 Å². The second-order valence-electron chi connectivity index (χ2n) is 24.5. The van der Waals surface area contributed by atoms with E-state index in [0.717, 1.165) is 113 Å². The molecule has 76 heavy (non-hydrogen) atoms. The number of nitrogens with zero attached hydrogens (tertiary/aromatic N) is 7. The number of aryl methyl sites for hydroxylation is 4. The second kappa shape index (κ2) is 21.2. The molecule has 7 aromatic rings. The molecule has 0 amide bonds. The Hall–Kier alpha value is -5.76. The molecule has 3 aromatic carbocycles. The van der Waals surface area contributed by atoms with E-state index in [2.05, 4.69) is 119 Å². The average Bonchev–Trinajstić information content (AvgIpc) is 3.91. The van der Waals surface area contributed by atoms with Gasteiger partial charge in [0.2, 0.25) is 5.28 Å². The average molecular weight is 1050 g/mol. The summed E-state index contributed by atoms with van der Waals surface area (Å²) in [7, 11) is 0. The highest BCUT2D eigenvalue weighted by molar-refractivity contribution is 6.28. The molecule has 5 heterocycles. The van der Waals surface area contributed by atoms with Crippen molar-refractivity contribution in [1.29, 1.82) is 0 Å². The standard InChI is InChI=1S/C23H32N2O2.C20H26N2O2.C19H22ClN5/c1-15(2)22-5-8-23(9-6-22,10-7-22)24-14-18-11-19(13-20(26)12-18)21-16(3)25-27-17(21)4;1-12(2)19-9-20(10-19,11-19)21-8-15-5-16(7-17(23)6-15)18-13(3)22-24-14(18)4;1-13(2)14-3-5-15(6-4-14)16-9-11-24(12-10-16)18-8-7-17-21-22-19(20)25(17)23-18/h11-13,15,24,26H,5-10,14H2,1-4H3;5-7,12,21,23H,8-11H2,1-4H3;3-8,13,16H,9-12H2,1-2H3. The number of piperidine rings is 1. The first kappa shape index (κ1) is 53.6. The molecule has 13 nitrogen and oxygen atoms in total. The lowest BCUT2D eigenvalue weighted by atomic mass is 9.36. The predicted octanol–water partition coefficient (Wildman–Crippen LogP) is 14.1. The molecule has 6 aliphatic carbocycles. The van der Waals surface area contributed by atoms with Crippen LogP contribution in [0.25, 0.3) is 27.9 Å². The fourth-order valence-electron chi connectivity index (χ4n) is 13.7. The monoisotopic (exact) mass is 1050 g/mol. The number of aromatic nitrogens is 6. The van der Waals surface area contributed by atoms with Crippen LogP contribution in [0.15, 0.2) is 81.8 Å². The lowest BCUT2D eigenvalue weighted by molar-refractivity contribution is -0.184. The van der Waals surface area contributed by atoms with E-state index >= 15 is 0 Å². The Labute approximate surface area is 454 Å². The molecule has 4 bridgehead atoms. The quantitative estimate of drug-likeness (QED) is 0.0866. The SMILES string of the molecule is CC(C)c1ccc(C2CCN(c3ccc4nnc(Cl)n4n3)CC2)cc1.Cc1noc(C)c1-c1cc(O)cc(CNC23CC(C(C)C)(C2)C3)c1.Cc1noc(C)c1-c1cc(O)cc(CNC23CCC(C(C)C)(CC2)CC3)c1. The van der Waals surface area contributed by atoms with Crippen LogP contribution >= 0.6 is 11.6 Å². The van der Waals surface area contributed by atoms with E-state index in [9.17, 15) is 10.2 Å². The van der Waals surface area contributed by atoms with Gasteiger partial charge in [0, 0.05) is 48.4 Å². The Morgan fingerprint density at radius 3 is 1.62 bits per heavy atom. The van der Waals surface area contributed by atoms with Crippen LogP contribution in [0.2, 0.25) is 5.28 Å². The minimum atomic E-state index is 0.283. The highest BCUT2D eigenvalue weighted by atomic mass is 35.5.